The fourth-order valence-corrected chi connectivity index (χ4v) is 1.39. The summed E-state index contributed by atoms with van der Waals surface area (Å²) in [6.45, 7) is 5.40. The van der Waals surface area contributed by atoms with E-state index in [9.17, 15) is 0 Å². The predicted octanol–water partition coefficient (Wildman–Crippen LogP) is 2.24. The van der Waals surface area contributed by atoms with Crippen LogP contribution < -0.4 is 5.32 Å². The topological polar surface area (TPSA) is 25.2 Å². The first-order chi connectivity index (χ1) is 5.75. The summed E-state index contributed by atoms with van der Waals surface area (Å²) in [4.78, 5) is 0. The van der Waals surface area contributed by atoms with Crippen molar-refractivity contribution in [2.45, 2.75) is 19.8 Å². The Morgan fingerprint density at radius 3 is 2.67 bits per heavy atom. The third-order valence-electron chi connectivity index (χ3n) is 2.14. The highest BCUT2D eigenvalue weighted by molar-refractivity contribution is 5.06. The predicted molar refractivity (Wildman–Crippen MR) is 50.2 cm³/mol. The molecular weight excluding hydrogens is 150 g/mol. The van der Waals surface area contributed by atoms with Crippen LogP contribution >= 0.6 is 0 Å². The second-order valence-electron chi connectivity index (χ2n) is 3.42. The summed E-state index contributed by atoms with van der Waals surface area (Å²) in [6.07, 6.45) is 1.74. The van der Waals surface area contributed by atoms with Crippen LogP contribution in [0.25, 0.3) is 0 Å². The van der Waals surface area contributed by atoms with Gasteiger partial charge in [-0.05, 0) is 25.1 Å². The summed E-state index contributed by atoms with van der Waals surface area (Å²) >= 11 is 0. The minimum atomic E-state index is 0.491. The number of likely N-dealkylation sites (N-methyl/N-ethyl adjacent to an activating group) is 1. The van der Waals surface area contributed by atoms with Crippen molar-refractivity contribution in [2.24, 2.45) is 5.92 Å². The smallest absolute Gasteiger partial charge is 0.108 e. The van der Waals surface area contributed by atoms with Crippen LogP contribution in [-0.2, 0) is 0 Å². The first-order valence-corrected chi connectivity index (χ1v) is 4.43. The summed E-state index contributed by atoms with van der Waals surface area (Å²) in [5.74, 6) is 2.19. The van der Waals surface area contributed by atoms with E-state index in [2.05, 4.69) is 19.2 Å². The van der Waals surface area contributed by atoms with E-state index < -0.39 is 0 Å². The SMILES string of the molecule is CNCC(c1ccco1)C(C)C. The van der Waals surface area contributed by atoms with Gasteiger partial charge in [-0.1, -0.05) is 13.8 Å². The number of hydrogen-bond donors (Lipinski definition) is 1. The van der Waals surface area contributed by atoms with Crippen molar-refractivity contribution in [3.63, 3.8) is 0 Å². The van der Waals surface area contributed by atoms with Gasteiger partial charge in [-0.3, -0.25) is 0 Å². The summed E-state index contributed by atoms with van der Waals surface area (Å²) in [5.41, 5.74) is 0. The van der Waals surface area contributed by atoms with Crippen molar-refractivity contribution in [2.75, 3.05) is 13.6 Å². The van der Waals surface area contributed by atoms with E-state index in [0.717, 1.165) is 12.3 Å². The Morgan fingerprint density at radius 2 is 2.25 bits per heavy atom. The van der Waals surface area contributed by atoms with E-state index in [1.807, 2.05) is 19.2 Å². The molecule has 0 saturated heterocycles. The largest absolute Gasteiger partial charge is 0.469 e. The first kappa shape index (κ1) is 9.33. The molecule has 0 aliphatic heterocycles. The zero-order valence-electron chi connectivity index (χ0n) is 8.00. The van der Waals surface area contributed by atoms with Gasteiger partial charge in [-0.25, -0.2) is 0 Å². The molecule has 0 saturated carbocycles. The highest BCUT2D eigenvalue weighted by Crippen LogP contribution is 2.23. The van der Waals surface area contributed by atoms with Crippen LogP contribution in [0.3, 0.4) is 0 Å². The molecule has 1 aromatic heterocycles. The van der Waals surface area contributed by atoms with Gasteiger partial charge in [-0.15, -0.1) is 0 Å². The molecule has 2 heteroatoms. The number of nitrogens with one attached hydrogen (secondary N) is 1. The van der Waals surface area contributed by atoms with E-state index in [0.29, 0.717) is 11.8 Å². The van der Waals surface area contributed by atoms with Gasteiger partial charge in [0.25, 0.3) is 0 Å². The molecule has 68 valence electrons. The molecule has 12 heavy (non-hydrogen) atoms. The van der Waals surface area contributed by atoms with Crippen LogP contribution in [0.2, 0.25) is 0 Å². The van der Waals surface area contributed by atoms with Gasteiger partial charge in [0, 0.05) is 12.5 Å². The van der Waals surface area contributed by atoms with E-state index in [-0.39, 0.29) is 0 Å². The van der Waals surface area contributed by atoms with Crippen molar-refractivity contribution in [3.05, 3.63) is 24.2 Å². The van der Waals surface area contributed by atoms with Crippen molar-refractivity contribution in [1.29, 1.82) is 0 Å². The van der Waals surface area contributed by atoms with Crippen LogP contribution in [0.4, 0.5) is 0 Å². The lowest BCUT2D eigenvalue weighted by molar-refractivity contribution is 0.386. The molecule has 0 spiro atoms. The molecule has 2 nitrogen and oxygen atoms in total. The molecule has 0 fully saturated rings. The Bertz CT molecular complexity index is 204. The van der Waals surface area contributed by atoms with E-state index in [1.165, 1.54) is 0 Å². The molecule has 0 aromatic carbocycles. The molecule has 0 amide bonds. The third-order valence-corrected chi connectivity index (χ3v) is 2.14. The lowest BCUT2D eigenvalue weighted by atomic mass is 9.93. The summed E-state index contributed by atoms with van der Waals surface area (Å²) in [6, 6.07) is 3.99. The van der Waals surface area contributed by atoms with Gasteiger partial charge in [0.1, 0.15) is 5.76 Å². The van der Waals surface area contributed by atoms with Gasteiger partial charge < -0.3 is 9.73 Å². The molecule has 0 aliphatic carbocycles. The Hall–Kier alpha value is -0.760. The average Bonchev–Trinajstić information content (AvgIpc) is 2.51. The van der Waals surface area contributed by atoms with Crippen molar-refractivity contribution in [3.8, 4) is 0 Å². The lowest BCUT2D eigenvalue weighted by Crippen LogP contribution is -2.20. The second-order valence-corrected chi connectivity index (χ2v) is 3.42. The maximum Gasteiger partial charge on any atom is 0.108 e. The van der Waals surface area contributed by atoms with Crippen LogP contribution in [0.1, 0.15) is 25.5 Å². The van der Waals surface area contributed by atoms with Crippen molar-refractivity contribution >= 4 is 0 Å². The molecule has 1 unspecified atom stereocenters. The average molecular weight is 167 g/mol. The quantitative estimate of drug-likeness (QED) is 0.744. The fraction of sp³-hybridized carbons (Fsp3) is 0.600. The van der Waals surface area contributed by atoms with Crippen molar-refractivity contribution < 1.29 is 4.42 Å². The first-order valence-electron chi connectivity index (χ1n) is 4.43. The Morgan fingerprint density at radius 1 is 1.50 bits per heavy atom. The van der Waals surface area contributed by atoms with Crippen LogP contribution in [0.5, 0.6) is 0 Å². The molecule has 1 rings (SSSR count). The normalized spacial score (nSPS) is 13.7. The highest BCUT2D eigenvalue weighted by atomic mass is 16.3. The zero-order valence-corrected chi connectivity index (χ0v) is 8.00. The fourth-order valence-electron chi connectivity index (χ4n) is 1.39. The van der Waals surface area contributed by atoms with Gasteiger partial charge in [0.05, 0.1) is 6.26 Å². The Kier molecular flexibility index (Phi) is 3.35. The molecule has 1 heterocycles. The standard InChI is InChI=1S/C10H17NO/c1-8(2)9(7-11-3)10-5-4-6-12-10/h4-6,8-9,11H,7H2,1-3H3. The second kappa shape index (κ2) is 4.31. The lowest BCUT2D eigenvalue weighted by Gasteiger charge is -2.17. The third kappa shape index (κ3) is 2.11. The summed E-state index contributed by atoms with van der Waals surface area (Å²) in [7, 11) is 1.97. The monoisotopic (exact) mass is 167 g/mol. The van der Waals surface area contributed by atoms with E-state index in [1.54, 1.807) is 6.26 Å². The molecular formula is C10H17NO. The van der Waals surface area contributed by atoms with E-state index in [4.69, 9.17) is 4.42 Å². The maximum atomic E-state index is 5.37. The van der Waals surface area contributed by atoms with Crippen molar-refractivity contribution in [1.82, 2.24) is 5.32 Å². The minimum Gasteiger partial charge on any atom is -0.469 e. The van der Waals surface area contributed by atoms with Gasteiger partial charge in [0.2, 0.25) is 0 Å². The number of rotatable bonds is 4. The van der Waals surface area contributed by atoms with Crippen LogP contribution in [0.15, 0.2) is 22.8 Å². The molecule has 0 radical (unpaired) electrons. The van der Waals surface area contributed by atoms with Gasteiger partial charge in [0.15, 0.2) is 0 Å². The highest BCUT2D eigenvalue weighted by Gasteiger charge is 2.16. The molecule has 1 N–H and O–H groups in total. The molecule has 0 aliphatic rings. The van der Waals surface area contributed by atoms with Gasteiger partial charge in [-0.2, -0.15) is 0 Å². The zero-order chi connectivity index (χ0) is 8.97. The van der Waals surface area contributed by atoms with E-state index >= 15 is 0 Å². The number of furan rings is 1. The Labute approximate surface area is 74.0 Å². The maximum absolute atomic E-state index is 5.37. The van der Waals surface area contributed by atoms with Crippen LogP contribution in [-0.4, -0.2) is 13.6 Å². The number of hydrogen-bond acceptors (Lipinski definition) is 2. The molecule has 1 atom stereocenters. The summed E-state index contributed by atoms with van der Waals surface area (Å²) in [5, 5.41) is 3.18. The Balaban J connectivity index is 2.66. The molecule has 1 aromatic rings. The minimum absolute atomic E-state index is 0.491. The summed E-state index contributed by atoms with van der Waals surface area (Å²) < 4.78 is 5.37. The van der Waals surface area contributed by atoms with Crippen LogP contribution in [0, 0.1) is 5.92 Å². The van der Waals surface area contributed by atoms with Gasteiger partial charge >= 0.3 is 0 Å². The molecule has 0 bridgehead atoms.